The lowest BCUT2D eigenvalue weighted by molar-refractivity contribution is -0.138. The minimum atomic E-state index is -4.42. The first-order valence-corrected chi connectivity index (χ1v) is 7.65. The van der Waals surface area contributed by atoms with E-state index in [0.717, 1.165) is 18.9 Å². The summed E-state index contributed by atoms with van der Waals surface area (Å²) in [4.78, 5) is 4.08. The van der Waals surface area contributed by atoms with Crippen molar-refractivity contribution in [2.45, 2.75) is 44.4 Å². The largest absolute Gasteiger partial charge is 0.497 e. The second-order valence-electron chi connectivity index (χ2n) is 5.57. The van der Waals surface area contributed by atoms with Crippen molar-refractivity contribution in [1.29, 1.82) is 0 Å². The van der Waals surface area contributed by atoms with E-state index in [0.29, 0.717) is 12.0 Å². The zero-order valence-electron chi connectivity index (χ0n) is 13.7. The van der Waals surface area contributed by atoms with Gasteiger partial charge in [-0.25, -0.2) is 0 Å². The number of nitrogens with one attached hydrogen (secondary N) is 2. The van der Waals surface area contributed by atoms with Crippen molar-refractivity contribution in [1.82, 2.24) is 10.6 Å². The van der Waals surface area contributed by atoms with E-state index in [1.807, 2.05) is 0 Å². The standard InChI is InChI=1S/C16H22F3N3O.HI/c1-20-15(22-12-5-3-4-6-12)21-10-11-7-8-13(23-2)9-14(11)16(17,18)19;/h7-9,12H,3-6,10H2,1-2H3,(H2,20,21,22);1H. The van der Waals surface area contributed by atoms with Gasteiger partial charge in [0.1, 0.15) is 5.75 Å². The summed E-state index contributed by atoms with van der Waals surface area (Å²) < 4.78 is 44.4. The number of rotatable bonds is 4. The normalized spacial score (nSPS) is 15.8. The fourth-order valence-corrected chi connectivity index (χ4v) is 2.74. The van der Waals surface area contributed by atoms with Crippen LogP contribution in [0.5, 0.6) is 5.75 Å². The first-order valence-electron chi connectivity index (χ1n) is 7.65. The Bertz CT molecular complexity index is 558. The Kier molecular flexibility index (Phi) is 8.11. The first-order chi connectivity index (χ1) is 10.9. The third-order valence-electron chi connectivity index (χ3n) is 3.99. The topological polar surface area (TPSA) is 45.7 Å². The average Bonchev–Trinajstić information content (AvgIpc) is 3.03. The molecule has 0 aromatic heterocycles. The van der Waals surface area contributed by atoms with Gasteiger partial charge in [0.2, 0.25) is 0 Å². The van der Waals surface area contributed by atoms with Crippen molar-refractivity contribution in [3.8, 4) is 5.75 Å². The highest BCUT2D eigenvalue weighted by Crippen LogP contribution is 2.34. The minimum Gasteiger partial charge on any atom is -0.497 e. The lowest BCUT2D eigenvalue weighted by Crippen LogP contribution is -2.42. The number of methoxy groups -OCH3 is 1. The maximum atomic E-state index is 13.2. The van der Waals surface area contributed by atoms with Gasteiger partial charge in [0.15, 0.2) is 5.96 Å². The Hall–Kier alpha value is -1.19. The van der Waals surface area contributed by atoms with Crippen LogP contribution in [-0.2, 0) is 12.7 Å². The zero-order valence-corrected chi connectivity index (χ0v) is 16.1. The molecule has 2 N–H and O–H groups in total. The number of aliphatic imine (C=N–C) groups is 1. The molecule has 8 heteroatoms. The average molecular weight is 457 g/mol. The lowest BCUT2D eigenvalue weighted by Gasteiger charge is -2.19. The van der Waals surface area contributed by atoms with Crippen molar-refractivity contribution in [2.75, 3.05) is 14.2 Å². The van der Waals surface area contributed by atoms with E-state index in [-0.39, 0.29) is 41.8 Å². The molecule has 1 saturated carbocycles. The summed E-state index contributed by atoms with van der Waals surface area (Å²) in [6, 6.07) is 4.32. The van der Waals surface area contributed by atoms with E-state index in [9.17, 15) is 13.2 Å². The third kappa shape index (κ3) is 5.71. The Morgan fingerprint density at radius 2 is 1.96 bits per heavy atom. The molecular weight excluding hydrogens is 434 g/mol. The molecule has 2 rings (SSSR count). The molecule has 0 unspecified atom stereocenters. The zero-order chi connectivity index (χ0) is 16.9. The van der Waals surface area contributed by atoms with Gasteiger partial charge in [-0.3, -0.25) is 4.99 Å². The summed E-state index contributed by atoms with van der Waals surface area (Å²) in [6.45, 7) is 0.0469. The second-order valence-corrected chi connectivity index (χ2v) is 5.57. The third-order valence-corrected chi connectivity index (χ3v) is 3.99. The summed E-state index contributed by atoms with van der Waals surface area (Å²) in [5.74, 6) is 0.718. The number of guanidine groups is 1. The lowest BCUT2D eigenvalue weighted by atomic mass is 10.1. The monoisotopic (exact) mass is 457 g/mol. The van der Waals surface area contributed by atoms with Gasteiger partial charge in [-0.15, -0.1) is 24.0 Å². The highest BCUT2D eigenvalue weighted by atomic mass is 127. The number of nitrogens with zero attached hydrogens (tertiary/aromatic N) is 1. The van der Waals surface area contributed by atoms with Crippen LogP contribution >= 0.6 is 24.0 Å². The van der Waals surface area contributed by atoms with Crippen LogP contribution in [0.25, 0.3) is 0 Å². The molecule has 1 aromatic rings. The molecule has 0 spiro atoms. The van der Waals surface area contributed by atoms with Gasteiger partial charge in [-0.2, -0.15) is 13.2 Å². The van der Waals surface area contributed by atoms with E-state index in [1.165, 1.54) is 32.1 Å². The number of hydrogen-bond donors (Lipinski definition) is 2. The predicted molar refractivity (Wildman–Crippen MR) is 99.0 cm³/mol. The summed E-state index contributed by atoms with van der Waals surface area (Å²) in [7, 11) is 2.96. The van der Waals surface area contributed by atoms with E-state index in [1.54, 1.807) is 7.05 Å². The molecule has 0 bridgehead atoms. The van der Waals surface area contributed by atoms with Gasteiger partial charge in [0.25, 0.3) is 0 Å². The van der Waals surface area contributed by atoms with Crippen LogP contribution in [0, 0.1) is 0 Å². The second kappa shape index (κ2) is 9.33. The number of ether oxygens (including phenoxy) is 1. The molecule has 4 nitrogen and oxygen atoms in total. The quantitative estimate of drug-likeness (QED) is 0.409. The molecule has 0 saturated heterocycles. The molecule has 136 valence electrons. The van der Waals surface area contributed by atoms with Crippen LogP contribution < -0.4 is 15.4 Å². The molecule has 1 aromatic carbocycles. The molecule has 1 aliphatic rings. The summed E-state index contributed by atoms with van der Waals surface area (Å²) in [6.07, 6.45) is 0.0543. The fourth-order valence-electron chi connectivity index (χ4n) is 2.74. The molecule has 1 fully saturated rings. The Balaban J connectivity index is 0.00000288. The smallest absolute Gasteiger partial charge is 0.416 e. The van der Waals surface area contributed by atoms with Crippen molar-refractivity contribution in [3.63, 3.8) is 0 Å². The Labute approximate surface area is 157 Å². The van der Waals surface area contributed by atoms with E-state index in [2.05, 4.69) is 15.6 Å². The van der Waals surface area contributed by atoms with E-state index >= 15 is 0 Å². The Morgan fingerprint density at radius 1 is 1.29 bits per heavy atom. The number of hydrogen-bond acceptors (Lipinski definition) is 2. The van der Waals surface area contributed by atoms with Crippen molar-refractivity contribution in [3.05, 3.63) is 29.3 Å². The number of halogens is 4. The number of benzene rings is 1. The van der Waals surface area contributed by atoms with E-state index in [4.69, 9.17) is 4.74 Å². The molecular formula is C16H23F3IN3O. The maximum Gasteiger partial charge on any atom is 0.416 e. The highest BCUT2D eigenvalue weighted by molar-refractivity contribution is 14.0. The highest BCUT2D eigenvalue weighted by Gasteiger charge is 2.33. The molecule has 0 heterocycles. The SMILES string of the molecule is CN=C(NCc1ccc(OC)cc1C(F)(F)F)NC1CCCC1.I. The van der Waals surface area contributed by atoms with Crippen molar-refractivity contribution in [2.24, 2.45) is 4.99 Å². The molecule has 0 amide bonds. The van der Waals surface area contributed by atoms with Gasteiger partial charge >= 0.3 is 6.18 Å². The summed E-state index contributed by atoms with van der Waals surface area (Å²) in [5.41, 5.74) is -0.534. The predicted octanol–water partition coefficient (Wildman–Crippen LogP) is 3.94. The van der Waals surface area contributed by atoms with Crippen LogP contribution in [0.2, 0.25) is 0 Å². The molecule has 0 aliphatic heterocycles. The molecule has 0 radical (unpaired) electrons. The van der Waals surface area contributed by atoms with Gasteiger partial charge < -0.3 is 15.4 Å². The molecule has 0 atom stereocenters. The first kappa shape index (κ1) is 20.9. The van der Waals surface area contributed by atoms with Gasteiger partial charge in [0, 0.05) is 19.6 Å². The maximum absolute atomic E-state index is 13.2. The van der Waals surface area contributed by atoms with Gasteiger partial charge in [0.05, 0.1) is 12.7 Å². The summed E-state index contributed by atoms with van der Waals surface area (Å²) >= 11 is 0. The van der Waals surface area contributed by atoms with Crippen LogP contribution in [0.3, 0.4) is 0 Å². The summed E-state index contributed by atoms with van der Waals surface area (Å²) in [5, 5.41) is 6.21. The van der Waals surface area contributed by atoms with Gasteiger partial charge in [-0.05, 0) is 30.5 Å². The van der Waals surface area contributed by atoms with Crippen molar-refractivity contribution >= 4 is 29.9 Å². The van der Waals surface area contributed by atoms with Crippen molar-refractivity contribution < 1.29 is 17.9 Å². The van der Waals surface area contributed by atoms with Crippen LogP contribution in [-0.4, -0.2) is 26.2 Å². The van der Waals surface area contributed by atoms with Gasteiger partial charge in [-0.1, -0.05) is 18.9 Å². The fraction of sp³-hybridized carbons (Fsp3) is 0.562. The van der Waals surface area contributed by atoms with E-state index < -0.39 is 11.7 Å². The van der Waals surface area contributed by atoms with Crippen LogP contribution in [0.1, 0.15) is 36.8 Å². The molecule has 1 aliphatic carbocycles. The number of alkyl halides is 3. The van der Waals surface area contributed by atoms with Crippen LogP contribution in [0.4, 0.5) is 13.2 Å². The van der Waals surface area contributed by atoms with Crippen LogP contribution in [0.15, 0.2) is 23.2 Å². The Morgan fingerprint density at radius 3 is 2.50 bits per heavy atom. The molecule has 24 heavy (non-hydrogen) atoms. The minimum absolute atomic E-state index is 0.